The smallest absolute Gasteiger partial charge is 0.123 e. The van der Waals surface area contributed by atoms with E-state index >= 15 is 0 Å². The molecule has 0 saturated heterocycles. The third-order valence-electron chi connectivity index (χ3n) is 10.3. The Hall–Kier alpha value is -5.99. The van der Waals surface area contributed by atoms with E-state index in [0.29, 0.717) is 0 Å². The van der Waals surface area contributed by atoms with E-state index in [1.165, 1.54) is 78.2 Å². The number of nitrogens with zero attached hydrogens (tertiary/aromatic N) is 1. The number of benzene rings is 8. The lowest BCUT2D eigenvalue weighted by atomic mass is 9.70. The van der Waals surface area contributed by atoms with Crippen LogP contribution in [0.15, 0.2) is 170 Å². The van der Waals surface area contributed by atoms with Gasteiger partial charge >= 0.3 is 0 Å². The van der Waals surface area contributed by atoms with Gasteiger partial charge in [0.25, 0.3) is 0 Å². The second-order valence-electron chi connectivity index (χ2n) is 12.7. The highest BCUT2D eigenvalue weighted by Crippen LogP contribution is 2.63. The van der Waals surface area contributed by atoms with Crippen molar-refractivity contribution in [1.29, 1.82) is 0 Å². The van der Waals surface area contributed by atoms with Crippen molar-refractivity contribution in [1.82, 2.24) is 0 Å². The minimum atomic E-state index is -0.428. The molecule has 1 nitrogen and oxygen atoms in total. The Bertz CT molecular complexity index is 2490. The Labute approximate surface area is 272 Å². The van der Waals surface area contributed by atoms with Gasteiger partial charge in [-0.15, -0.1) is 0 Å². The predicted octanol–water partition coefficient (Wildman–Crippen LogP) is 11.9. The van der Waals surface area contributed by atoms with E-state index in [2.05, 4.69) is 132 Å². The molecule has 2 aliphatic rings. The van der Waals surface area contributed by atoms with Crippen LogP contribution in [0.3, 0.4) is 0 Å². The number of fused-ring (bicyclic) bond motifs is 12. The summed E-state index contributed by atoms with van der Waals surface area (Å²) in [6, 6.07) is 60.0. The van der Waals surface area contributed by atoms with E-state index in [0.717, 1.165) is 17.1 Å². The topological polar surface area (TPSA) is 3.24 Å². The molecule has 8 aromatic carbocycles. The lowest BCUT2D eigenvalue weighted by Crippen LogP contribution is -2.25. The summed E-state index contributed by atoms with van der Waals surface area (Å²) >= 11 is 0. The molecule has 2 aliphatic carbocycles. The van der Waals surface area contributed by atoms with Crippen molar-refractivity contribution in [2.24, 2.45) is 0 Å². The molecule has 220 valence electrons. The van der Waals surface area contributed by atoms with Gasteiger partial charge in [0, 0.05) is 17.1 Å². The molecule has 2 heteroatoms. The fourth-order valence-corrected chi connectivity index (χ4v) is 8.31. The van der Waals surface area contributed by atoms with Gasteiger partial charge in [-0.2, -0.15) is 0 Å². The summed E-state index contributed by atoms with van der Waals surface area (Å²) in [5, 5.41) is 4.87. The Morgan fingerprint density at radius 2 is 0.830 bits per heavy atom. The average molecular weight is 602 g/mol. The first-order valence-corrected chi connectivity index (χ1v) is 16.1. The molecular formula is C45H28FN. The van der Waals surface area contributed by atoms with Gasteiger partial charge < -0.3 is 4.90 Å². The highest BCUT2D eigenvalue weighted by molar-refractivity contribution is 6.04. The van der Waals surface area contributed by atoms with Crippen LogP contribution in [-0.2, 0) is 5.41 Å². The number of para-hydroxylation sites is 1. The summed E-state index contributed by atoms with van der Waals surface area (Å²) in [6.45, 7) is 0. The molecule has 0 amide bonds. The van der Waals surface area contributed by atoms with Crippen molar-refractivity contribution in [3.05, 3.63) is 198 Å². The monoisotopic (exact) mass is 601 g/mol. The Kier molecular flexibility index (Phi) is 5.45. The number of hydrogen-bond donors (Lipinski definition) is 0. The highest BCUT2D eigenvalue weighted by atomic mass is 19.1. The van der Waals surface area contributed by atoms with Gasteiger partial charge in [0.2, 0.25) is 0 Å². The summed E-state index contributed by atoms with van der Waals surface area (Å²) in [5.41, 5.74) is 13.1. The maximum atomic E-state index is 14.0. The SMILES string of the molecule is Fc1ccc(N(c2ccccc2)c2ccc3cc4c(cc3c2)C2(c3ccccc3-c3ccccc32)c2cc3ccccc3cc2-4)cc1. The molecule has 0 fully saturated rings. The number of hydrogen-bond acceptors (Lipinski definition) is 1. The molecule has 0 unspecified atom stereocenters. The number of halogens is 1. The van der Waals surface area contributed by atoms with Crippen molar-refractivity contribution in [3.63, 3.8) is 0 Å². The lowest BCUT2D eigenvalue weighted by Gasteiger charge is -2.31. The molecule has 0 radical (unpaired) electrons. The molecular weight excluding hydrogens is 574 g/mol. The largest absolute Gasteiger partial charge is 0.310 e. The van der Waals surface area contributed by atoms with E-state index in [1.54, 1.807) is 0 Å². The second kappa shape index (κ2) is 9.75. The Balaban J connectivity index is 1.27. The van der Waals surface area contributed by atoms with Gasteiger partial charge in [0.05, 0.1) is 5.41 Å². The maximum absolute atomic E-state index is 14.0. The molecule has 0 aromatic heterocycles. The molecule has 0 bridgehead atoms. The summed E-state index contributed by atoms with van der Waals surface area (Å²) < 4.78 is 14.0. The zero-order chi connectivity index (χ0) is 31.1. The molecule has 8 aromatic rings. The fourth-order valence-electron chi connectivity index (χ4n) is 8.31. The Morgan fingerprint density at radius 3 is 1.49 bits per heavy atom. The van der Waals surface area contributed by atoms with E-state index in [4.69, 9.17) is 0 Å². The minimum absolute atomic E-state index is 0.245. The van der Waals surface area contributed by atoms with Crippen LogP contribution in [0.1, 0.15) is 22.3 Å². The summed E-state index contributed by atoms with van der Waals surface area (Å²) in [4.78, 5) is 2.20. The predicted molar refractivity (Wildman–Crippen MR) is 192 cm³/mol. The van der Waals surface area contributed by atoms with Crippen LogP contribution in [0, 0.1) is 5.82 Å². The van der Waals surface area contributed by atoms with Crippen molar-refractivity contribution in [2.45, 2.75) is 5.41 Å². The zero-order valence-corrected chi connectivity index (χ0v) is 25.5. The van der Waals surface area contributed by atoms with E-state index in [-0.39, 0.29) is 5.82 Å². The highest BCUT2D eigenvalue weighted by Gasteiger charge is 2.51. The minimum Gasteiger partial charge on any atom is -0.310 e. The standard InChI is InChI=1S/C45H28FN/c46-33-19-22-35(23-20-33)47(34-12-2-1-3-13-34)36-21-18-31-26-40-39-25-29-10-4-5-11-30(29)27-43(39)45(44(40)28-32(31)24-36)41-16-8-6-14-37(41)38-15-7-9-17-42(38)45/h1-28H. The van der Waals surface area contributed by atoms with Crippen molar-refractivity contribution in [2.75, 3.05) is 4.90 Å². The van der Waals surface area contributed by atoms with Crippen molar-refractivity contribution in [3.8, 4) is 22.3 Å². The second-order valence-corrected chi connectivity index (χ2v) is 12.7. The van der Waals surface area contributed by atoms with E-state index in [1.807, 2.05) is 30.3 Å². The normalized spacial score (nSPS) is 13.4. The van der Waals surface area contributed by atoms with Crippen LogP contribution in [0.4, 0.5) is 21.5 Å². The van der Waals surface area contributed by atoms with Crippen LogP contribution in [0.25, 0.3) is 43.8 Å². The van der Waals surface area contributed by atoms with Crippen LogP contribution < -0.4 is 4.90 Å². The molecule has 0 saturated carbocycles. The number of anilines is 3. The van der Waals surface area contributed by atoms with Crippen molar-refractivity contribution >= 4 is 38.6 Å². The van der Waals surface area contributed by atoms with Gasteiger partial charge in [-0.25, -0.2) is 4.39 Å². The summed E-state index contributed by atoms with van der Waals surface area (Å²) in [7, 11) is 0. The van der Waals surface area contributed by atoms with E-state index in [9.17, 15) is 4.39 Å². The van der Waals surface area contributed by atoms with Gasteiger partial charge in [-0.05, 0) is 139 Å². The van der Waals surface area contributed by atoms with Crippen LogP contribution >= 0.6 is 0 Å². The first-order chi connectivity index (χ1) is 23.2. The fraction of sp³-hybridized carbons (Fsp3) is 0.0222. The molecule has 1 spiro atoms. The molecule has 10 rings (SSSR count). The lowest BCUT2D eigenvalue weighted by molar-refractivity contribution is 0.628. The molecule has 47 heavy (non-hydrogen) atoms. The molecule has 0 atom stereocenters. The molecule has 0 heterocycles. The first-order valence-electron chi connectivity index (χ1n) is 16.1. The van der Waals surface area contributed by atoms with Crippen molar-refractivity contribution < 1.29 is 4.39 Å². The van der Waals surface area contributed by atoms with Gasteiger partial charge in [-0.1, -0.05) is 97.1 Å². The molecule has 0 aliphatic heterocycles. The maximum Gasteiger partial charge on any atom is 0.123 e. The van der Waals surface area contributed by atoms with Gasteiger partial charge in [0.15, 0.2) is 0 Å². The Morgan fingerprint density at radius 1 is 0.340 bits per heavy atom. The molecule has 0 N–H and O–H groups in total. The van der Waals surface area contributed by atoms with E-state index < -0.39 is 5.41 Å². The van der Waals surface area contributed by atoms with Crippen LogP contribution in [-0.4, -0.2) is 0 Å². The zero-order valence-electron chi connectivity index (χ0n) is 25.5. The third kappa shape index (κ3) is 3.64. The van der Waals surface area contributed by atoms with Gasteiger partial charge in [0.1, 0.15) is 5.82 Å². The first kappa shape index (κ1) is 26.2. The number of rotatable bonds is 3. The third-order valence-corrected chi connectivity index (χ3v) is 10.3. The summed E-state index contributed by atoms with van der Waals surface area (Å²) in [6.07, 6.45) is 0. The van der Waals surface area contributed by atoms with Crippen LogP contribution in [0.5, 0.6) is 0 Å². The average Bonchev–Trinajstić information content (AvgIpc) is 3.57. The quantitative estimate of drug-likeness (QED) is 0.195. The van der Waals surface area contributed by atoms with Crippen LogP contribution in [0.2, 0.25) is 0 Å². The summed E-state index contributed by atoms with van der Waals surface area (Å²) in [5.74, 6) is -0.245. The van der Waals surface area contributed by atoms with Gasteiger partial charge in [-0.3, -0.25) is 0 Å².